The molecule has 0 aliphatic carbocycles. The molecule has 0 radical (unpaired) electrons. The lowest BCUT2D eigenvalue weighted by atomic mass is 10.4. The van der Waals surface area contributed by atoms with Crippen LogP contribution < -0.4 is 5.32 Å². The van der Waals surface area contributed by atoms with Crippen molar-refractivity contribution in [2.45, 2.75) is 40.7 Å². The van der Waals surface area contributed by atoms with Gasteiger partial charge in [0, 0.05) is 0 Å². The van der Waals surface area contributed by atoms with Gasteiger partial charge >= 0.3 is 12.7 Å². The third-order valence-electron chi connectivity index (χ3n) is 2.37. The van der Waals surface area contributed by atoms with Crippen molar-refractivity contribution in [3.63, 3.8) is 0 Å². The lowest BCUT2D eigenvalue weighted by Crippen LogP contribution is -2.42. The Hall–Kier alpha value is 0.130. The zero-order valence-corrected chi connectivity index (χ0v) is 18.2. The summed E-state index contributed by atoms with van der Waals surface area (Å²) in [6, 6.07) is -0.190. The highest BCUT2D eigenvalue weighted by Gasteiger charge is 2.40. The summed E-state index contributed by atoms with van der Waals surface area (Å²) in [5.74, 6) is -0.177. The zero-order valence-electron chi connectivity index (χ0n) is 14.8. The maximum Gasteiger partial charge on any atom is 0.437 e. The SMILES string of the molecule is CCOP(=S)(OCC)N(C(C)C)[S+]([O-])CNC(=O)ON=C(C)SC. The molecule has 0 spiro atoms. The average molecular weight is 420 g/mol. The van der Waals surface area contributed by atoms with Gasteiger partial charge < -0.3 is 13.6 Å². The second-order valence-corrected chi connectivity index (χ2v) is 10.4. The Bertz CT molecular complexity index is 457. The number of nitrogens with one attached hydrogen (secondary N) is 1. The molecule has 12 heteroatoms. The smallest absolute Gasteiger partial charge is 0.437 e. The number of hydrogen-bond acceptors (Lipinski definition) is 8. The number of thioether (sulfide) groups is 1. The van der Waals surface area contributed by atoms with Gasteiger partial charge in [-0.3, -0.25) is 10.2 Å². The lowest BCUT2D eigenvalue weighted by Gasteiger charge is -2.34. The number of carbonyl (C=O) groups excluding carboxylic acids is 1. The molecular formula is C12H26N3O5PS3. The molecule has 0 rings (SSSR count). The molecule has 0 heterocycles. The van der Waals surface area contributed by atoms with E-state index in [0.29, 0.717) is 18.3 Å². The van der Waals surface area contributed by atoms with Gasteiger partial charge in [-0.2, -0.15) is 0 Å². The number of oxime groups is 1. The fourth-order valence-corrected chi connectivity index (χ4v) is 7.16. The largest absolute Gasteiger partial charge is 0.596 e. The summed E-state index contributed by atoms with van der Waals surface area (Å²) in [5.41, 5.74) is 0. The Morgan fingerprint density at radius 2 is 1.96 bits per heavy atom. The number of hydrogen-bond donors (Lipinski definition) is 1. The first-order valence-corrected chi connectivity index (χ1v) is 12.4. The molecule has 1 amide bonds. The summed E-state index contributed by atoms with van der Waals surface area (Å²) < 4.78 is 25.3. The Morgan fingerprint density at radius 3 is 2.38 bits per heavy atom. The minimum absolute atomic E-state index is 0.177. The van der Waals surface area contributed by atoms with Crippen molar-refractivity contribution in [3.8, 4) is 0 Å². The van der Waals surface area contributed by atoms with Crippen molar-refractivity contribution in [2.24, 2.45) is 5.16 Å². The molecule has 142 valence electrons. The molecule has 0 bridgehead atoms. The molecule has 1 unspecified atom stereocenters. The van der Waals surface area contributed by atoms with Gasteiger partial charge in [0.1, 0.15) is 5.04 Å². The van der Waals surface area contributed by atoms with E-state index in [-0.39, 0.29) is 11.9 Å². The molecule has 0 aromatic heterocycles. The van der Waals surface area contributed by atoms with E-state index in [1.54, 1.807) is 20.8 Å². The molecule has 0 aliphatic rings. The standard InChI is InChI=1S/C12H26N3O5PS3/c1-7-18-21(22,19-8-2)15(10(3)4)24(17)9-13-12(16)20-14-11(5)23-6/h10H,7-9H2,1-6H3,(H,13,16). The van der Waals surface area contributed by atoms with E-state index in [1.165, 1.54) is 15.8 Å². The van der Waals surface area contributed by atoms with Gasteiger partial charge in [0.2, 0.25) is 5.88 Å². The molecule has 1 N–H and O–H groups in total. The summed E-state index contributed by atoms with van der Waals surface area (Å²) in [6.07, 6.45) is 1.02. The van der Waals surface area contributed by atoms with Crippen LogP contribution in [0.25, 0.3) is 0 Å². The Balaban J connectivity index is 4.89. The Labute approximate surface area is 156 Å². The van der Waals surface area contributed by atoms with Crippen LogP contribution in [0, 0.1) is 0 Å². The monoisotopic (exact) mass is 419 g/mol. The number of nitrogens with zero attached hydrogens (tertiary/aromatic N) is 2. The fraction of sp³-hybridized carbons (Fsp3) is 0.833. The summed E-state index contributed by atoms with van der Waals surface area (Å²) >= 11 is 5.20. The van der Waals surface area contributed by atoms with Crippen LogP contribution in [0.3, 0.4) is 0 Å². The highest BCUT2D eigenvalue weighted by atomic mass is 32.5. The predicted molar refractivity (Wildman–Crippen MR) is 104 cm³/mol. The van der Waals surface area contributed by atoms with Crippen LogP contribution in [0.4, 0.5) is 4.79 Å². The maximum atomic E-state index is 12.6. The van der Waals surface area contributed by atoms with E-state index >= 15 is 0 Å². The van der Waals surface area contributed by atoms with E-state index < -0.39 is 24.1 Å². The molecule has 0 saturated heterocycles. The average Bonchev–Trinajstić information content (AvgIpc) is 2.50. The van der Waals surface area contributed by atoms with Gasteiger partial charge in [-0.1, -0.05) is 5.16 Å². The van der Waals surface area contributed by atoms with Gasteiger partial charge in [0.05, 0.1) is 30.6 Å². The first kappa shape index (κ1) is 24.1. The van der Waals surface area contributed by atoms with Crippen LogP contribution in [0.1, 0.15) is 34.6 Å². The zero-order chi connectivity index (χ0) is 18.8. The highest BCUT2D eigenvalue weighted by molar-refractivity contribution is 8.13. The summed E-state index contributed by atoms with van der Waals surface area (Å²) in [6.45, 7) is 6.76. The van der Waals surface area contributed by atoms with Gasteiger partial charge in [0.15, 0.2) is 0 Å². The van der Waals surface area contributed by atoms with Crippen molar-refractivity contribution in [1.82, 2.24) is 9.39 Å². The number of carbonyl (C=O) groups is 1. The molecule has 24 heavy (non-hydrogen) atoms. The van der Waals surface area contributed by atoms with Crippen LogP contribution >= 0.6 is 18.4 Å². The molecule has 8 nitrogen and oxygen atoms in total. The highest BCUT2D eigenvalue weighted by Crippen LogP contribution is 2.55. The van der Waals surface area contributed by atoms with Gasteiger partial charge in [-0.15, -0.1) is 11.8 Å². The molecule has 0 fully saturated rings. The van der Waals surface area contributed by atoms with Crippen LogP contribution in [-0.2, 0) is 37.1 Å². The summed E-state index contributed by atoms with van der Waals surface area (Å²) in [7, 11) is 0. The Kier molecular flexibility index (Phi) is 12.5. The molecule has 0 aromatic carbocycles. The third kappa shape index (κ3) is 8.48. The quantitative estimate of drug-likeness (QED) is 0.144. The van der Waals surface area contributed by atoms with E-state index in [2.05, 4.69) is 15.3 Å². The molecule has 0 aromatic rings. The van der Waals surface area contributed by atoms with Crippen LogP contribution in [0.15, 0.2) is 5.16 Å². The Morgan fingerprint density at radius 1 is 1.42 bits per heavy atom. The van der Waals surface area contributed by atoms with E-state index in [9.17, 15) is 9.35 Å². The minimum atomic E-state index is -2.89. The summed E-state index contributed by atoms with van der Waals surface area (Å²) in [4.78, 5) is 16.2. The third-order valence-corrected chi connectivity index (χ3v) is 9.04. The molecular weight excluding hydrogens is 393 g/mol. The molecule has 0 saturated carbocycles. The van der Waals surface area contributed by atoms with Gasteiger partial charge in [-0.05, 0) is 56.8 Å². The van der Waals surface area contributed by atoms with Crippen molar-refractivity contribution >= 4 is 52.7 Å². The number of rotatable bonds is 10. The first-order chi connectivity index (χ1) is 11.2. The van der Waals surface area contributed by atoms with Crippen molar-refractivity contribution in [3.05, 3.63) is 0 Å². The number of amides is 1. The van der Waals surface area contributed by atoms with E-state index in [0.717, 1.165) is 0 Å². The van der Waals surface area contributed by atoms with Crippen LogP contribution in [0.2, 0.25) is 0 Å². The van der Waals surface area contributed by atoms with E-state index in [4.69, 9.17) is 20.9 Å². The molecule has 0 aliphatic heterocycles. The first-order valence-electron chi connectivity index (χ1n) is 7.32. The minimum Gasteiger partial charge on any atom is -0.596 e. The van der Waals surface area contributed by atoms with Crippen molar-refractivity contribution < 1.29 is 23.2 Å². The van der Waals surface area contributed by atoms with Crippen LogP contribution in [-0.4, -0.2) is 51.2 Å². The van der Waals surface area contributed by atoms with Gasteiger partial charge in [-0.25, -0.2) is 4.79 Å². The summed E-state index contributed by atoms with van der Waals surface area (Å²) in [5, 5.41) is 6.59. The topological polar surface area (TPSA) is 95.5 Å². The van der Waals surface area contributed by atoms with E-state index in [1.807, 2.05) is 20.1 Å². The van der Waals surface area contributed by atoms with Crippen molar-refractivity contribution in [1.29, 1.82) is 0 Å². The predicted octanol–water partition coefficient (Wildman–Crippen LogP) is 3.04. The van der Waals surface area contributed by atoms with Crippen LogP contribution in [0.5, 0.6) is 0 Å². The maximum absolute atomic E-state index is 12.6. The molecule has 1 atom stereocenters. The fourth-order valence-electron chi connectivity index (χ4n) is 1.47. The normalized spacial score (nSPS) is 14.1. The van der Waals surface area contributed by atoms with Gasteiger partial charge in [0.25, 0.3) is 0 Å². The van der Waals surface area contributed by atoms with Crippen molar-refractivity contribution in [2.75, 3.05) is 25.3 Å². The lowest BCUT2D eigenvalue weighted by molar-refractivity contribution is 0.152. The second kappa shape index (κ2) is 12.5. The second-order valence-electron chi connectivity index (χ2n) is 4.54.